The third kappa shape index (κ3) is 6.29. The van der Waals surface area contributed by atoms with E-state index in [1.165, 1.54) is 0 Å². The highest BCUT2D eigenvalue weighted by molar-refractivity contribution is 9.10. The van der Waals surface area contributed by atoms with Crippen LogP contribution in [0.15, 0.2) is 22.7 Å². The number of aliphatic carboxylic acids is 1. The zero-order chi connectivity index (χ0) is 16.2. The minimum Gasteiger partial charge on any atom is -0.481 e. The van der Waals surface area contributed by atoms with Crippen molar-refractivity contribution in [2.75, 3.05) is 0 Å². The standard InChI is InChI=1S/C16H22BrNO3/c1-10-5-6-12(13(17)7-10)15(21)18-11(8-14(19)20)9-16(2,3)4/h5-7,11H,8-9H2,1-4H3,(H,18,21)(H,19,20). The fourth-order valence-electron chi connectivity index (χ4n) is 2.19. The number of carbonyl (C=O) groups is 2. The van der Waals surface area contributed by atoms with Crippen molar-refractivity contribution < 1.29 is 14.7 Å². The summed E-state index contributed by atoms with van der Waals surface area (Å²) in [6.07, 6.45) is 0.529. The van der Waals surface area contributed by atoms with Crippen LogP contribution in [0, 0.1) is 12.3 Å². The van der Waals surface area contributed by atoms with E-state index in [0.717, 1.165) is 5.56 Å². The maximum absolute atomic E-state index is 12.3. The fraction of sp³-hybridized carbons (Fsp3) is 0.500. The van der Waals surface area contributed by atoms with Gasteiger partial charge in [0, 0.05) is 10.5 Å². The third-order valence-corrected chi connectivity index (χ3v) is 3.64. The highest BCUT2D eigenvalue weighted by atomic mass is 79.9. The zero-order valence-corrected chi connectivity index (χ0v) is 14.5. The lowest BCUT2D eigenvalue weighted by atomic mass is 9.87. The molecule has 1 aromatic carbocycles. The van der Waals surface area contributed by atoms with Crippen molar-refractivity contribution in [1.82, 2.24) is 5.32 Å². The van der Waals surface area contributed by atoms with E-state index in [1.807, 2.05) is 39.8 Å². The molecule has 0 aliphatic carbocycles. The first-order valence-electron chi connectivity index (χ1n) is 6.87. The van der Waals surface area contributed by atoms with Crippen molar-refractivity contribution in [2.45, 2.75) is 46.6 Å². The minimum absolute atomic E-state index is 0.0576. The number of aryl methyl sites for hydroxylation is 1. The van der Waals surface area contributed by atoms with Gasteiger partial charge in [0.1, 0.15) is 0 Å². The van der Waals surface area contributed by atoms with Crippen molar-refractivity contribution in [3.8, 4) is 0 Å². The summed E-state index contributed by atoms with van der Waals surface area (Å²) >= 11 is 3.37. The van der Waals surface area contributed by atoms with Gasteiger partial charge >= 0.3 is 5.97 Å². The minimum atomic E-state index is -0.910. The van der Waals surface area contributed by atoms with Crippen molar-refractivity contribution in [2.24, 2.45) is 5.41 Å². The summed E-state index contributed by atoms with van der Waals surface area (Å²) in [4.78, 5) is 23.3. The Morgan fingerprint density at radius 3 is 2.43 bits per heavy atom. The summed E-state index contributed by atoms with van der Waals surface area (Å²) in [5, 5.41) is 11.8. The number of halogens is 1. The molecule has 0 spiro atoms. The largest absolute Gasteiger partial charge is 0.481 e. The molecule has 1 rings (SSSR count). The fourth-order valence-corrected chi connectivity index (χ4v) is 2.86. The van der Waals surface area contributed by atoms with E-state index in [-0.39, 0.29) is 23.8 Å². The van der Waals surface area contributed by atoms with Crippen LogP contribution in [0.4, 0.5) is 0 Å². The van der Waals surface area contributed by atoms with Gasteiger partial charge in [-0.2, -0.15) is 0 Å². The zero-order valence-electron chi connectivity index (χ0n) is 12.9. The van der Waals surface area contributed by atoms with E-state index >= 15 is 0 Å². The molecule has 5 heteroatoms. The van der Waals surface area contributed by atoms with Crippen LogP contribution in [-0.2, 0) is 4.79 Å². The summed E-state index contributed by atoms with van der Waals surface area (Å²) < 4.78 is 0.713. The number of hydrogen-bond acceptors (Lipinski definition) is 2. The smallest absolute Gasteiger partial charge is 0.305 e. The van der Waals surface area contributed by atoms with Crippen molar-refractivity contribution in [1.29, 1.82) is 0 Å². The lowest BCUT2D eigenvalue weighted by Gasteiger charge is -2.26. The molecule has 1 amide bonds. The van der Waals surface area contributed by atoms with E-state index in [2.05, 4.69) is 21.2 Å². The molecule has 0 saturated heterocycles. The molecule has 1 aromatic rings. The number of amides is 1. The number of carbonyl (C=O) groups excluding carboxylic acids is 1. The molecule has 0 saturated carbocycles. The monoisotopic (exact) mass is 355 g/mol. The predicted molar refractivity (Wildman–Crippen MR) is 86.5 cm³/mol. The van der Waals surface area contributed by atoms with E-state index in [9.17, 15) is 9.59 Å². The van der Waals surface area contributed by atoms with E-state index < -0.39 is 5.97 Å². The molecule has 0 bridgehead atoms. The maximum Gasteiger partial charge on any atom is 0.305 e. The maximum atomic E-state index is 12.3. The molecule has 0 aromatic heterocycles. The quantitative estimate of drug-likeness (QED) is 0.844. The van der Waals surface area contributed by atoms with Crippen LogP contribution < -0.4 is 5.32 Å². The predicted octanol–water partition coefficient (Wildman–Crippen LogP) is 3.77. The number of hydrogen-bond donors (Lipinski definition) is 2. The van der Waals surface area contributed by atoms with Crippen molar-refractivity contribution >= 4 is 27.8 Å². The molecule has 116 valence electrons. The van der Waals surface area contributed by atoms with Gasteiger partial charge in [-0.1, -0.05) is 26.8 Å². The molecule has 0 heterocycles. The Morgan fingerprint density at radius 2 is 1.95 bits per heavy atom. The Labute approximate surface area is 134 Å². The number of nitrogens with one attached hydrogen (secondary N) is 1. The molecule has 0 aliphatic rings. The van der Waals surface area contributed by atoms with Gasteiger partial charge in [0.25, 0.3) is 5.91 Å². The van der Waals surface area contributed by atoms with Gasteiger partial charge in [-0.15, -0.1) is 0 Å². The Bertz CT molecular complexity index is 535. The second-order valence-electron chi connectivity index (χ2n) is 6.52. The van der Waals surface area contributed by atoms with Gasteiger partial charge in [-0.3, -0.25) is 9.59 Å². The van der Waals surface area contributed by atoms with Gasteiger partial charge in [-0.25, -0.2) is 0 Å². The Balaban J connectivity index is 2.86. The average molecular weight is 356 g/mol. The van der Waals surface area contributed by atoms with Crippen molar-refractivity contribution in [3.05, 3.63) is 33.8 Å². The molecule has 4 nitrogen and oxygen atoms in total. The molecule has 2 N–H and O–H groups in total. The average Bonchev–Trinajstić information content (AvgIpc) is 2.24. The third-order valence-electron chi connectivity index (χ3n) is 2.98. The van der Waals surface area contributed by atoms with E-state index in [1.54, 1.807) is 6.07 Å². The molecular weight excluding hydrogens is 334 g/mol. The first-order chi connectivity index (χ1) is 9.58. The SMILES string of the molecule is Cc1ccc(C(=O)NC(CC(=O)O)CC(C)(C)C)c(Br)c1. The Morgan fingerprint density at radius 1 is 1.33 bits per heavy atom. The molecule has 0 radical (unpaired) electrons. The molecule has 21 heavy (non-hydrogen) atoms. The first-order valence-corrected chi connectivity index (χ1v) is 7.66. The summed E-state index contributed by atoms with van der Waals surface area (Å²) in [5.74, 6) is -1.16. The van der Waals surface area contributed by atoms with Crippen LogP contribution in [0.25, 0.3) is 0 Å². The summed E-state index contributed by atoms with van der Waals surface area (Å²) in [6.45, 7) is 8.01. The number of benzene rings is 1. The van der Waals surface area contributed by atoms with Crippen LogP contribution in [0.3, 0.4) is 0 Å². The Hall–Kier alpha value is -1.36. The number of rotatable bonds is 5. The summed E-state index contributed by atoms with van der Waals surface area (Å²) in [7, 11) is 0. The lowest BCUT2D eigenvalue weighted by Crippen LogP contribution is -2.39. The Kier molecular flexibility index (Phi) is 5.96. The van der Waals surface area contributed by atoms with Gasteiger partial charge in [0.15, 0.2) is 0 Å². The second kappa shape index (κ2) is 7.07. The van der Waals surface area contributed by atoms with Crippen LogP contribution >= 0.6 is 15.9 Å². The van der Waals surface area contributed by atoms with Crippen molar-refractivity contribution in [3.63, 3.8) is 0 Å². The highest BCUT2D eigenvalue weighted by Crippen LogP contribution is 2.23. The lowest BCUT2D eigenvalue weighted by molar-refractivity contribution is -0.137. The highest BCUT2D eigenvalue weighted by Gasteiger charge is 2.23. The molecular formula is C16H22BrNO3. The molecule has 0 fully saturated rings. The van der Waals surface area contributed by atoms with E-state index in [4.69, 9.17) is 5.11 Å². The van der Waals surface area contributed by atoms with Gasteiger partial charge in [0.05, 0.1) is 12.0 Å². The van der Waals surface area contributed by atoms with Gasteiger partial charge in [0.2, 0.25) is 0 Å². The summed E-state index contributed by atoms with van der Waals surface area (Å²) in [5.41, 5.74) is 1.51. The van der Waals surface area contributed by atoms with Crippen LogP contribution in [0.5, 0.6) is 0 Å². The van der Waals surface area contributed by atoms with Crippen LogP contribution in [0.1, 0.15) is 49.5 Å². The second-order valence-corrected chi connectivity index (χ2v) is 7.37. The van der Waals surface area contributed by atoms with Crippen LogP contribution in [0.2, 0.25) is 0 Å². The molecule has 0 aliphatic heterocycles. The number of carboxylic acids is 1. The van der Waals surface area contributed by atoms with Gasteiger partial charge in [-0.05, 0) is 52.4 Å². The van der Waals surface area contributed by atoms with E-state index in [0.29, 0.717) is 16.5 Å². The first kappa shape index (κ1) is 17.7. The molecule has 1 unspecified atom stereocenters. The van der Waals surface area contributed by atoms with Crippen LogP contribution in [-0.4, -0.2) is 23.0 Å². The van der Waals surface area contributed by atoms with Gasteiger partial charge < -0.3 is 10.4 Å². The molecule has 1 atom stereocenters. The number of carboxylic acid groups (broad SMARTS) is 1. The topological polar surface area (TPSA) is 66.4 Å². The summed E-state index contributed by atoms with van der Waals surface area (Å²) in [6, 6.07) is 5.08. The normalized spacial score (nSPS) is 12.8.